The topological polar surface area (TPSA) is 36.7 Å². The van der Waals surface area contributed by atoms with Gasteiger partial charge in [-0.05, 0) is 25.0 Å². The minimum Gasteiger partial charge on any atom is -0.259 e. The van der Waals surface area contributed by atoms with Crippen LogP contribution in [0.15, 0.2) is 18.3 Å². The number of aromatic nitrogens is 1. The minimum absolute atomic E-state index is 0.147. The molecule has 0 saturated carbocycles. The predicted octanol–water partition coefficient (Wildman–Crippen LogP) is 3.03. The van der Waals surface area contributed by atoms with Crippen LogP contribution >= 0.6 is 0 Å². The van der Waals surface area contributed by atoms with Gasteiger partial charge >= 0.3 is 0 Å². The van der Waals surface area contributed by atoms with E-state index in [2.05, 4.69) is 31.8 Å². The van der Waals surface area contributed by atoms with Crippen molar-refractivity contribution in [3.8, 4) is 6.07 Å². The van der Waals surface area contributed by atoms with Crippen LogP contribution in [0, 0.1) is 11.3 Å². The van der Waals surface area contributed by atoms with E-state index in [1.54, 1.807) is 6.20 Å². The second kappa shape index (κ2) is 4.23. The maximum absolute atomic E-state index is 8.66. The van der Waals surface area contributed by atoms with E-state index in [4.69, 9.17) is 5.26 Å². The van der Waals surface area contributed by atoms with Gasteiger partial charge in [-0.3, -0.25) is 4.98 Å². The molecule has 0 N–H and O–H groups in total. The van der Waals surface area contributed by atoms with Crippen molar-refractivity contribution in [1.29, 1.82) is 5.26 Å². The summed E-state index contributed by atoms with van der Waals surface area (Å²) in [6.07, 6.45) is 3.80. The van der Waals surface area contributed by atoms with Crippen LogP contribution < -0.4 is 0 Å². The molecule has 0 radical (unpaired) electrons. The summed E-state index contributed by atoms with van der Waals surface area (Å²) in [5.74, 6) is 0. The summed E-state index contributed by atoms with van der Waals surface area (Å²) < 4.78 is 0. The predicted molar refractivity (Wildman–Crippen MR) is 56.9 cm³/mol. The monoisotopic (exact) mass is 188 g/mol. The molecule has 14 heavy (non-hydrogen) atoms. The Balaban J connectivity index is 3.02. The average Bonchev–Trinajstić information content (AvgIpc) is 2.28. The molecule has 0 saturated heterocycles. The Kier molecular flexibility index (Phi) is 3.24. The Morgan fingerprint density at radius 3 is 2.36 bits per heavy atom. The van der Waals surface area contributed by atoms with E-state index in [1.807, 2.05) is 12.1 Å². The van der Waals surface area contributed by atoms with Gasteiger partial charge in [-0.25, -0.2) is 0 Å². The third-order valence-corrected chi connectivity index (χ3v) is 3.07. The first-order chi connectivity index (χ1) is 6.66. The van der Waals surface area contributed by atoms with Crippen molar-refractivity contribution in [3.05, 3.63) is 29.6 Å². The van der Waals surface area contributed by atoms with Gasteiger partial charge in [0.05, 0.1) is 5.56 Å². The maximum atomic E-state index is 8.66. The molecule has 2 heteroatoms. The lowest BCUT2D eigenvalue weighted by Gasteiger charge is -2.25. The van der Waals surface area contributed by atoms with Crippen LogP contribution in [0.5, 0.6) is 0 Å². The first kappa shape index (κ1) is 10.7. The van der Waals surface area contributed by atoms with Crippen molar-refractivity contribution in [1.82, 2.24) is 4.98 Å². The van der Waals surface area contributed by atoms with Gasteiger partial charge in [0.2, 0.25) is 0 Å². The van der Waals surface area contributed by atoms with Crippen molar-refractivity contribution < 1.29 is 0 Å². The molecule has 1 rings (SSSR count). The van der Waals surface area contributed by atoms with E-state index in [0.29, 0.717) is 5.56 Å². The maximum Gasteiger partial charge on any atom is 0.101 e. The molecule has 0 aliphatic heterocycles. The van der Waals surface area contributed by atoms with E-state index >= 15 is 0 Å². The van der Waals surface area contributed by atoms with Crippen LogP contribution in [0.4, 0.5) is 0 Å². The molecule has 2 nitrogen and oxygen atoms in total. The van der Waals surface area contributed by atoms with Gasteiger partial charge in [0.15, 0.2) is 0 Å². The number of rotatable bonds is 3. The lowest BCUT2D eigenvalue weighted by Crippen LogP contribution is -2.20. The van der Waals surface area contributed by atoms with E-state index in [9.17, 15) is 0 Å². The largest absolute Gasteiger partial charge is 0.259 e. The van der Waals surface area contributed by atoms with E-state index in [1.165, 1.54) is 0 Å². The summed E-state index contributed by atoms with van der Waals surface area (Å²) in [6, 6.07) is 5.88. The molecule has 0 unspecified atom stereocenters. The third-order valence-electron chi connectivity index (χ3n) is 3.07. The molecule has 0 aromatic carbocycles. The highest BCUT2D eigenvalue weighted by atomic mass is 14.7. The van der Waals surface area contributed by atoms with Crippen LogP contribution in [0.1, 0.15) is 44.9 Å². The number of nitrogens with zero attached hydrogens (tertiary/aromatic N) is 2. The summed E-state index contributed by atoms with van der Waals surface area (Å²) in [7, 11) is 0. The SMILES string of the molecule is CCC(C)(CC)c1ccc(C#N)cn1. The lowest BCUT2D eigenvalue weighted by molar-refractivity contribution is 0.426. The zero-order valence-corrected chi connectivity index (χ0v) is 9.04. The Labute approximate surface area is 85.6 Å². The van der Waals surface area contributed by atoms with E-state index in [-0.39, 0.29) is 5.41 Å². The van der Waals surface area contributed by atoms with Crippen molar-refractivity contribution in [3.63, 3.8) is 0 Å². The molecule has 0 aliphatic rings. The van der Waals surface area contributed by atoms with Crippen LogP contribution in [-0.2, 0) is 5.41 Å². The first-order valence-corrected chi connectivity index (χ1v) is 5.03. The van der Waals surface area contributed by atoms with E-state index < -0.39 is 0 Å². The quantitative estimate of drug-likeness (QED) is 0.731. The summed E-state index contributed by atoms with van der Waals surface area (Å²) in [4.78, 5) is 4.34. The molecule has 1 aromatic rings. The molecule has 0 fully saturated rings. The summed E-state index contributed by atoms with van der Waals surface area (Å²) >= 11 is 0. The van der Waals surface area contributed by atoms with Crippen molar-refractivity contribution >= 4 is 0 Å². The molecule has 0 atom stereocenters. The Bertz CT molecular complexity index is 328. The third kappa shape index (κ3) is 1.93. The van der Waals surface area contributed by atoms with Gasteiger partial charge < -0.3 is 0 Å². The molecule has 0 bridgehead atoms. The first-order valence-electron chi connectivity index (χ1n) is 5.03. The number of hydrogen-bond donors (Lipinski definition) is 0. The molecule has 1 heterocycles. The van der Waals surface area contributed by atoms with E-state index in [0.717, 1.165) is 18.5 Å². The highest BCUT2D eigenvalue weighted by Gasteiger charge is 2.23. The minimum atomic E-state index is 0.147. The fourth-order valence-electron chi connectivity index (χ4n) is 1.43. The second-order valence-electron chi connectivity index (χ2n) is 3.81. The molecule has 0 aliphatic carbocycles. The molecular formula is C12H16N2. The highest BCUT2D eigenvalue weighted by molar-refractivity contribution is 5.28. The van der Waals surface area contributed by atoms with Gasteiger partial charge in [-0.1, -0.05) is 20.8 Å². The summed E-state index contributed by atoms with van der Waals surface area (Å²) in [6.45, 7) is 6.55. The molecule has 0 amide bonds. The molecule has 1 aromatic heterocycles. The fraction of sp³-hybridized carbons (Fsp3) is 0.500. The van der Waals surface area contributed by atoms with Crippen LogP contribution in [-0.4, -0.2) is 4.98 Å². The number of hydrogen-bond acceptors (Lipinski definition) is 2. The highest BCUT2D eigenvalue weighted by Crippen LogP contribution is 2.29. The Morgan fingerprint density at radius 1 is 1.36 bits per heavy atom. The zero-order valence-electron chi connectivity index (χ0n) is 9.04. The van der Waals surface area contributed by atoms with Crippen molar-refractivity contribution in [2.75, 3.05) is 0 Å². The van der Waals surface area contributed by atoms with Crippen LogP contribution in [0.25, 0.3) is 0 Å². The summed E-state index contributed by atoms with van der Waals surface area (Å²) in [5, 5.41) is 8.66. The lowest BCUT2D eigenvalue weighted by atomic mass is 9.81. The zero-order chi connectivity index (χ0) is 10.6. The fourth-order valence-corrected chi connectivity index (χ4v) is 1.43. The molecule has 74 valence electrons. The smallest absolute Gasteiger partial charge is 0.101 e. The standard InChI is InChI=1S/C12H16N2/c1-4-12(3,5-2)11-7-6-10(8-13)9-14-11/h6-7,9H,4-5H2,1-3H3. The molecule has 0 spiro atoms. The normalized spacial score (nSPS) is 11.0. The number of pyridine rings is 1. The van der Waals surface area contributed by atoms with Crippen LogP contribution in [0.3, 0.4) is 0 Å². The van der Waals surface area contributed by atoms with Gasteiger partial charge in [0.25, 0.3) is 0 Å². The Morgan fingerprint density at radius 2 is 2.00 bits per heavy atom. The Hall–Kier alpha value is -1.36. The van der Waals surface area contributed by atoms with Gasteiger partial charge in [0.1, 0.15) is 6.07 Å². The number of nitriles is 1. The van der Waals surface area contributed by atoms with Gasteiger partial charge in [0, 0.05) is 17.3 Å². The summed E-state index contributed by atoms with van der Waals surface area (Å²) in [5.41, 5.74) is 1.86. The van der Waals surface area contributed by atoms with Gasteiger partial charge in [-0.15, -0.1) is 0 Å². The average molecular weight is 188 g/mol. The van der Waals surface area contributed by atoms with Crippen LogP contribution in [0.2, 0.25) is 0 Å². The second-order valence-corrected chi connectivity index (χ2v) is 3.81. The molecular weight excluding hydrogens is 172 g/mol. The van der Waals surface area contributed by atoms with Crippen molar-refractivity contribution in [2.45, 2.75) is 39.0 Å². The van der Waals surface area contributed by atoms with Crippen molar-refractivity contribution in [2.24, 2.45) is 0 Å². The van der Waals surface area contributed by atoms with Gasteiger partial charge in [-0.2, -0.15) is 5.26 Å².